The molecule has 0 heterocycles. The molecule has 0 amide bonds. The average Bonchev–Trinajstić information content (AvgIpc) is 2.74. The fourth-order valence-electron chi connectivity index (χ4n) is 5.16. The van der Waals surface area contributed by atoms with Crippen LogP contribution in [0.3, 0.4) is 0 Å². The van der Waals surface area contributed by atoms with Gasteiger partial charge in [-0.05, 0) is 62.7 Å². The van der Waals surface area contributed by atoms with Crippen molar-refractivity contribution in [1.29, 1.82) is 0 Å². The van der Waals surface area contributed by atoms with E-state index in [2.05, 4.69) is 25.7 Å². The van der Waals surface area contributed by atoms with E-state index in [1.54, 1.807) is 0 Å². The molecule has 150 valence electrons. The highest BCUT2D eigenvalue weighted by Gasteiger charge is 2.31. The number of rotatable bonds is 6. The summed E-state index contributed by atoms with van der Waals surface area (Å²) in [7, 11) is 0. The van der Waals surface area contributed by atoms with Crippen LogP contribution in [0.15, 0.2) is 0 Å². The second-order valence-corrected chi connectivity index (χ2v) is 9.12. The summed E-state index contributed by atoms with van der Waals surface area (Å²) in [5.41, 5.74) is 0. The minimum absolute atomic E-state index is 0.140. The Hall–Kier alpha value is -0.580. The standard InChI is InChI=1S/C24H40F2/c1-4-6-8-20(7-5-2)21-12-9-19(10-13-21)11-14-22-17-23(25)15-18(3)16-24(22)26/h18-24H,4-10,12-13,15-17H2,1-3H3. The third-order valence-electron chi connectivity index (χ3n) is 6.73. The van der Waals surface area contributed by atoms with E-state index in [4.69, 9.17) is 0 Å². The van der Waals surface area contributed by atoms with Gasteiger partial charge in [-0.25, -0.2) is 8.78 Å². The maximum Gasteiger partial charge on any atom is 0.114 e. The molecule has 2 saturated carbocycles. The zero-order valence-corrected chi connectivity index (χ0v) is 17.3. The summed E-state index contributed by atoms with van der Waals surface area (Å²) < 4.78 is 28.4. The SMILES string of the molecule is CCCCC(CCC)C1CCC(C#CC2CC(F)CC(C)CC2F)CC1. The van der Waals surface area contributed by atoms with Crippen LogP contribution in [0.5, 0.6) is 0 Å². The Balaban J connectivity index is 1.85. The van der Waals surface area contributed by atoms with Gasteiger partial charge in [0, 0.05) is 5.92 Å². The quantitative estimate of drug-likeness (QED) is 0.337. The maximum atomic E-state index is 14.4. The highest BCUT2D eigenvalue weighted by atomic mass is 19.1. The maximum absolute atomic E-state index is 14.4. The summed E-state index contributed by atoms with van der Waals surface area (Å²) in [5, 5.41) is 0. The van der Waals surface area contributed by atoms with Crippen molar-refractivity contribution in [3.05, 3.63) is 0 Å². The van der Waals surface area contributed by atoms with Gasteiger partial charge in [0.25, 0.3) is 0 Å². The van der Waals surface area contributed by atoms with Crippen molar-refractivity contribution in [2.45, 2.75) is 110 Å². The van der Waals surface area contributed by atoms with Crippen molar-refractivity contribution >= 4 is 0 Å². The minimum atomic E-state index is -0.947. The van der Waals surface area contributed by atoms with Crippen LogP contribution in [-0.4, -0.2) is 12.3 Å². The predicted octanol–water partition coefficient (Wildman–Crippen LogP) is 7.52. The van der Waals surface area contributed by atoms with Crippen molar-refractivity contribution in [3.63, 3.8) is 0 Å². The van der Waals surface area contributed by atoms with Gasteiger partial charge in [0.05, 0.1) is 5.92 Å². The topological polar surface area (TPSA) is 0 Å². The van der Waals surface area contributed by atoms with Gasteiger partial charge < -0.3 is 0 Å². The Morgan fingerprint density at radius 3 is 2.27 bits per heavy atom. The molecule has 5 unspecified atom stereocenters. The van der Waals surface area contributed by atoms with Crippen LogP contribution in [0.2, 0.25) is 0 Å². The van der Waals surface area contributed by atoms with Gasteiger partial charge in [-0.2, -0.15) is 0 Å². The monoisotopic (exact) mass is 366 g/mol. The number of hydrogen-bond donors (Lipinski definition) is 0. The summed E-state index contributed by atoms with van der Waals surface area (Å²) in [6.07, 6.45) is 11.0. The molecule has 0 saturated heterocycles. The third-order valence-corrected chi connectivity index (χ3v) is 6.73. The van der Waals surface area contributed by atoms with Gasteiger partial charge in [0.15, 0.2) is 0 Å². The molecule has 0 radical (unpaired) electrons. The highest BCUT2D eigenvalue weighted by Crippen LogP contribution is 2.38. The van der Waals surface area contributed by atoms with Crippen molar-refractivity contribution in [2.24, 2.45) is 29.6 Å². The molecule has 0 aromatic rings. The van der Waals surface area contributed by atoms with E-state index in [-0.39, 0.29) is 11.8 Å². The fourth-order valence-corrected chi connectivity index (χ4v) is 5.16. The summed E-state index contributed by atoms with van der Waals surface area (Å²) in [6.45, 7) is 6.54. The van der Waals surface area contributed by atoms with Crippen LogP contribution in [-0.2, 0) is 0 Å². The summed E-state index contributed by atoms with van der Waals surface area (Å²) in [5.74, 6) is 8.45. The van der Waals surface area contributed by atoms with Crippen LogP contribution in [0.1, 0.15) is 97.8 Å². The number of hydrogen-bond acceptors (Lipinski definition) is 0. The average molecular weight is 367 g/mol. The van der Waals surface area contributed by atoms with Gasteiger partial charge in [-0.15, -0.1) is 0 Å². The van der Waals surface area contributed by atoms with Gasteiger partial charge in [-0.1, -0.05) is 64.7 Å². The Labute approximate surface area is 160 Å². The van der Waals surface area contributed by atoms with Crippen molar-refractivity contribution in [3.8, 4) is 11.8 Å². The van der Waals surface area contributed by atoms with Gasteiger partial charge in [-0.3, -0.25) is 0 Å². The van der Waals surface area contributed by atoms with Crippen LogP contribution in [0, 0.1) is 41.4 Å². The Bertz CT molecular complexity index is 441. The van der Waals surface area contributed by atoms with Crippen LogP contribution < -0.4 is 0 Å². The predicted molar refractivity (Wildman–Crippen MR) is 107 cm³/mol. The smallest absolute Gasteiger partial charge is 0.114 e. The minimum Gasteiger partial charge on any atom is -0.247 e. The molecule has 0 N–H and O–H groups in total. The Morgan fingerprint density at radius 2 is 1.62 bits per heavy atom. The molecule has 5 atom stereocenters. The first kappa shape index (κ1) is 21.7. The zero-order valence-electron chi connectivity index (χ0n) is 17.3. The molecule has 0 nitrogen and oxygen atoms in total. The zero-order chi connectivity index (χ0) is 18.9. The molecule has 2 aliphatic rings. The lowest BCUT2D eigenvalue weighted by Gasteiger charge is -2.32. The van der Waals surface area contributed by atoms with Crippen LogP contribution in [0.4, 0.5) is 8.78 Å². The molecule has 0 aromatic carbocycles. The van der Waals surface area contributed by atoms with Gasteiger partial charge >= 0.3 is 0 Å². The lowest BCUT2D eigenvalue weighted by molar-refractivity contribution is 0.201. The lowest BCUT2D eigenvalue weighted by Crippen LogP contribution is -2.22. The van der Waals surface area contributed by atoms with E-state index in [1.165, 1.54) is 44.9 Å². The van der Waals surface area contributed by atoms with Crippen LogP contribution in [0.25, 0.3) is 0 Å². The number of alkyl halides is 2. The Morgan fingerprint density at radius 1 is 0.885 bits per heavy atom. The molecule has 0 spiro atoms. The molecule has 2 fully saturated rings. The molecule has 26 heavy (non-hydrogen) atoms. The largest absolute Gasteiger partial charge is 0.247 e. The van der Waals surface area contributed by atoms with E-state index in [0.717, 1.165) is 24.7 Å². The lowest BCUT2D eigenvalue weighted by atomic mass is 9.73. The number of halogens is 2. The molecular weight excluding hydrogens is 326 g/mol. The molecule has 0 bridgehead atoms. The van der Waals surface area contributed by atoms with Crippen molar-refractivity contribution in [1.82, 2.24) is 0 Å². The molecule has 2 rings (SSSR count). The van der Waals surface area contributed by atoms with Crippen LogP contribution >= 0.6 is 0 Å². The first-order chi connectivity index (χ1) is 12.5. The van der Waals surface area contributed by atoms with E-state index < -0.39 is 12.3 Å². The van der Waals surface area contributed by atoms with Gasteiger partial charge in [0.1, 0.15) is 12.3 Å². The first-order valence-electron chi connectivity index (χ1n) is 11.3. The van der Waals surface area contributed by atoms with Gasteiger partial charge in [0.2, 0.25) is 0 Å². The second-order valence-electron chi connectivity index (χ2n) is 9.12. The third kappa shape index (κ3) is 6.86. The molecule has 0 aliphatic heterocycles. The molecular formula is C24H40F2. The van der Waals surface area contributed by atoms with Crippen molar-refractivity contribution < 1.29 is 8.78 Å². The first-order valence-corrected chi connectivity index (χ1v) is 11.3. The Kier molecular flexibility index (Phi) is 9.44. The van der Waals surface area contributed by atoms with Crippen molar-refractivity contribution in [2.75, 3.05) is 0 Å². The summed E-state index contributed by atoms with van der Waals surface area (Å²) in [4.78, 5) is 0. The summed E-state index contributed by atoms with van der Waals surface area (Å²) >= 11 is 0. The fraction of sp³-hybridized carbons (Fsp3) is 0.917. The molecule has 0 aromatic heterocycles. The normalized spacial score (nSPS) is 36.7. The van der Waals surface area contributed by atoms with E-state index in [0.29, 0.717) is 25.2 Å². The van der Waals surface area contributed by atoms with E-state index >= 15 is 0 Å². The second kappa shape index (κ2) is 11.3. The molecule has 2 aliphatic carbocycles. The highest BCUT2D eigenvalue weighted by molar-refractivity contribution is 5.11. The number of unbranched alkanes of at least 4 members (excludes halogenated alkanes) is 1. The summed E-state index contributed by atoms with van der Waals surface area (Å²) in [6, 6.07) is 0. The van der Waals surface area contributed by atoms with E-state index in [9.17, 15) is 8.78 Å². The molecule has 2 heteroatoms. The van der Waals surface area contributed by atoms with E-state index in [1.807, 2.05) is 6.92 Å².